The number of benzene rings is 2. The van der Waals surface area contributed by atoms with Crippen molar-refractivity contribution in [3.8, 4) is 0 Å². The van der Waals surface area contributed by atoms with Crippen LogP contribution in [0, 0.1) is 0 Å². The summed E-state index contributed by atoms with van der Waals surface area (Å²) in [4.78, 5) is 15.3. The Balaban J connectivity index is 1.90. The van der Waals surface area contributed by atoms with Crippen LogP contribution in [0.3, 0.4) is 0 Å². The number of H-pyrrole nitrogens is 1. The maximum atomic E-state index is 12.2. The van der Waals surface area contributed by atoms with E-state index in [1.165, 1.54) is 0 Å². The summed E-state index contributed by atoms with van der Waals surface area (Å²) in [5.74, 6) is -0.231. The number of anilines is 1. The lowest BCUT2D eigenvalue weighted by Gasteiger charge is -2.08. The molecule has 0 aliphatic heterocycles. The first kappa shape index (κ1) is 13.0. The lowest BCUT2D eigenvalue weighted by Crippen LogP contribution is -2.12. The van der Waals surface area contributed by atoms with Gasteiger partial charge in [0.1, 0.15) is 0 Å². The predicted octanol–water partition coefficient (Wildman–Crippen LogP) is 4.73. The minimum absolute atomic E-state index is 0.231. The van der Waals surface area contributed by atoms with Crippen LogP contribution in [-0.4, -0.2) is 10.9 Å². The monoisotopic (exact) mass is 304 g/mol. The molecule has 0 bridgehead atoms. The van der Waals surface area contributed by atoms with Gasteiger partial charge in [-0.3, -0.25) is 4.79 Å². The molecular weight excluding hydrogens is 295 g/mol. The van der Waals surface area contributed by atoms with Gasteiger partial charge in [0.15, 0.2) is 0 Å². The Bertz CT molecular complexity index is 795. The van der Waals surface area contributed by atoms with Gasteiger partial charge in [0.2, 0.25) is 0 Å². The number of rotatable bonds is 2. The van der Waals surface area contributed by atoms with Crippen molar-refractivity contribution in [3.63, 3.8) is 0 Å². The van der Waals surface area contributed by atoms with E-state index >= 15 is 0 Å². The third kappa shape index (κ3) is 2.38. The molecule has 0 aliphatic rings. The van der Waals surface area contributed by atoms with Crippen LogP contribution in [0.4, 0.5) is 5.69 Å². The van der Waals surface area contributed by atoms with E-state index in [1.807, 2.05) is 18.3 Å². The highest BCUT2D eigenvalue weighted by atomic mass is 35.5. The first-order chi connectivity index (χ1) is 9.65. The van der Waals surface area contributed by atoms with E-state index in [-0.39, 0.29) is 5.91 Å². The van der Waals surface area contributed by atoms with Crippen LogP contribution in [0.25, 0.3) is 10.9 Å². The summed E-state index contributed by atoms with van der Waals surface area (Å²) < 4.78 is 0. The van der Waals surface area contributed by atoms with Gasteiger partial charge in [-0.05, 0) is 35.7 Å². The maximum Gasteiger partial charge on any atom is 0.255 e. The van der Waals surface area contributed by atoms with Crippen molar-refractivity contribution in [2.45, 2.75) is 0 Å². The molecule has 3 rings (SSSR count). The molecule has 2 aromatic carbocycles. The topological polar surface area (TPSA) is 44.9 Å². The molecule has 0 unspecified atom stereocenters. The normalized spacial score (nSPS) is 10.7. The summed E-state index contributed by atoms with van der Waals surface area (Å²) in [6.45, 7) is 0. The van der Waals surface area contributed by atoms with E-state index in [0.717, 1.165) is 10.9 Å². The van der Waals surface area contributed by atoms with Crippen LogP contribution in [-0.2, 0) is 0 Å². The number of amides is 1. The minimum atomic E-state index is -0.231. The molecule has 20 heavy (non-hydrogen) atoms. The SMILES string of the molecule is O=C(Nc1cccc(Cl)c1Cl)c1ccc2cc[nH]c2c1. The number of aromatic amines is 1. The smallest absolute Gasteiger partial charge is 0.255 e. The Labute approximate surface area is 125 Å². The molecule has 1 heterocycles. The van der Waals surface area contributed by atoms with Gasteiger partial charge >= 0.3 is 0 Å². The molecular formula is C15H10Cl2N2O. The van der Waals surface area contributed by atoms with Crippen molar-refractivity contribution in [2.75, 3.05) is 5.32 Å². The van der Waals surface area contributed by atoms with Gasteiger partial charge < -0.3 is 10.3 Å². The molecule has 2 N–H and O–H groups in total. The van der Waals surface area contributed by atoms with E-state index in [1.54, 1.807) is 30.3 Å². The van der Waals surface area contributed by atoms with Gasteiger partial charge in [-0.2, -0.15) is 0 Å². The molecule has 100 valence electrons. The van der Waals surface area contributed by atoms with Crippen LogP contribution in [0.1, 0.15) is 10.4 Å². The standard InChI is InChI=1S/C15H10Cl2N2O/c16-11-2-1-3-12(14(11)17)19-15(20)10-5-4-9-6-7-18-13(9)8-10/h1-8,18H,(H,19,20). The van der Waals surface area contributed by atoms with Crippen molar-refractivity contribution >= 4 is 45.7 Å². The zero-order chi connectivity index (χ0) is 14.1. The fraction of sp³-hybridized carbons (Fsp3) is 0. The van der Waals surface area contributed by atoms with Crippen LogP contribution < -0.4 is 5.32 Å². The lowest BCUT2D eigenvalue weighted by atomic mass is 10.1. The second-order valence-electron chi connectivity index (χ2n) is 4.34. The van der Waals surface area contributed by atoms with E-state index in [2.05, 4.69) is 10.3 Å². The molecule has 0 radical (unpaired) electrons. The van der Waals surface area contributed by atoms with Crippen molar-refractivity contribution in [1.29, 1.82) is 0 Å². The van der Waals surface area contributed by atoms with Crippen molar-refractivity contribution in [2.24, 2.45) is 0 Å². The Morgan fingerprint density at radius 2 is 1.95 bits per heavy atom. The summed E-state index contributed by atoms with van der Waals surface area (Å²) in [6, 6.07) is 12.5. The quantitative estimate of drug-likeness (QED) is 0.706. The summed E-state index contributed by atoms with van der Waals surface area (Å²) in [6.07, 6.45) is 1.83. The first-order valence-corrected chi connectivity index (χ1v) is 6.73. The predicted molar refractivity (Wildman–Crippen MR) is 82.7 cm³/mol. The molecule has 1 amide bonds. The van der Waals surface area contributed by atoms with E-state index in [9.17, 15) is 4.79 Å². The average Bonchev–Trinajstić information content (AvgIpc) is 2.91. The second-order valence-corrected chi connectivity index (χ2v) is 5.12. The molecule has 3 nitrogen and oxygen atoms in total. The average molecular weight is 305 g/mol. The summed E-state index contributed by atoms with van der Waals surface area (Å²) in [7, 11) is 0. The Kier molecular flexibility index (Phi) is 3.38. The number of hydrogen-bond donors (Lipinski definition) is 2. The van der Waals surface area contributed by atoms with Gasteiger partial charge in [0.05, 0.1) is 15.7 Å². The van der Waals surface area contributed by atoms with Crippen LogP contribution in [0.2, 0.25) is 10.0 Å². The van der Waals surface area contributed by atoms with E-state index in [0.29, 0.717) is 21.3 Å². The number of nitrogens with one attached hydrogen (secondary N) is 2. The summed E-state index contributed by atoms with van der Waals surface area (Å²) in [5.41, 5.74) is 1.96. The Morgan fingerprint density at radius 1 is 1.10 bits per heavy atom. The molecule has 0 aliphatic carbocycles. The highest BCUT2D eigenvalue weighted by molar-refractivity contribution is 6.44. The fourth-order valence-corrected chi connectivity index (χ4v) is 2.33. The maximum absolute atomic E-state index is 12.2. The minimum Gasteiger partial charge on any atom is -0.361 e. The van der Waals surface area contributed by atoms with Gasteiger partial charge in [-0.25, -0.2) is 0 Å². The van der Waals surface area contributed by atoms with Crippen molar-refractivity contribution in [3.05, 3.63) is 64.3 Å². The molecule has 1 aromatic heterocycles. The Morgan fingerprint density at radius 3 is 2.80 bits per heavy atom. The summed E-state index contributed by atoms with van der Waals surface area (Å²) >= 11 is 12.0. The van der Waals surface area contributed by atoms with Gasteiger partial charge in [-0.1, -0.05) is 35.3 Å². The molecule has 5 heteroatoms. The Hall–Kier alpha value is -1.97. The van der Waals surface area contributed by atoms with E-state index < -0.39 is 0 Å². The van der Waals surface area contributed by atoms with Gasteiger partial charge in [0, 0.05) is 17.3 Å². The number of fused-ring (bicyclic) bond motifs is 1. The second kappa shape index (κ2) is 5.19. The third-order valence-corrected chi connectivity index (χ3v) is 3.84. The number of carbonyl (C=O) groups excluding carboxylic acids is 1. The number of hydrogen-bond acceptors (Lipinski definition) is 1. The van der Waals surface area contributed by atoms with Crippen molar-refractivity contribution < 1.29 is 4.79 Å². The van der Waals surface area contributed by atoms with Gasteiger partial charge in [0.25, 0.3) is 5.91 Å². The van der Waals surface area contributed by atoms with Crippen molar-refractivity contribution in [1.82, 2.24) is 4.98 Å². The zero-order valence-corrected chi connectivity index (χ0v) is 11.8. The molecule has 0 saturated carbocycles. The number of carbonyl (C=O) groups is 1. The highest BCUT2D eigenvalue weighted by Gasteiger charge is 2.10. The molecule has 0 spiro atoms. The van der Waals surface area contributed by atoms with Crippen LogP contribution in [0.15, 0.2) is 48.7 Å². The zero-order valence-electron chi connectivity index (χ0n) is 10.3. The third-order valence-electron chi connectivity index (χ3n) is 3.02. The molecule has 3 aromatic rings. The summed E-state index contributed by atoms with van der Waals surface area (Å²) in [5, 5.41) is 4.56. The molecule has 0 fully saturated rings. The van der Waals surface area contributed by atoms with Crippen LogP contribution >= 0.6 is 23.2 Å². The largest absolute Gasteiger partial charge is 0.361 e. The van der Waals surface area contributed by atoms with Crippen LogP contribution in [0.5, 0.6) is 0 Å². The molecule has 0 atom stereocenters. The van der Waals surface area contributed by atoms with Gasteiger partial charge in [-0.15, -0.1) is 0 Å². The highest BCUT2D eigenvalue weighted by Crippen LogP contribution is 2.29. The fourth-order valence-electron chi connectivity index (χ4n) is 1.98. The lowest BCUT2D eigenvalue weighted by molar-refractivity contribution is 0.102. The molecule has 0 saturated heterocycles. The first-order valence-electron chi connectivity index (χ1n) is 5.97. The number of aromatic nitrogens is 1. The number of halogens is 2. The van der Waals surface area contributed by atoms with E-state index in [4.69, 9.17) is 23.2 Å².